The van der Waals surface area contributed by atoms with Gasteiger partial charge in [0.25, 0.3) is 0 Å². The van der Waals surface area contributed by atoms with Crippen molar-refractivity contribution in [2.24, 2.45) is 23.2 Å². The van der Waals surface area contributed by atoms with Gasteiger partial charge >= 0.3 is 0 Å². The maximum Gasteiger partial charge on any atom is 0.192 e. The standard InChI is InChI=1S/C20H36O3S/c1-10-11-13(2)14(3)15(4)18(23)20(8,9)16(21)12-17(22)24-19(5,6)7/h10,13-16,21H,1,11-12H2,2-9H3. The number of aliphatic hydroxyl groups is 1. The molecule has 0 aliphatic rings. The van der Waals surface area contributed by atoms with Gasteiger partial charge in [-0.1, -0.05) is 73.2 Å². The van der Waals surface area contributed by atoms with Crippen LogP contribution in [0.3, 0.4) is 0 Å². The number of hydrogen-bond donors (Lipinski definition) is 1. The number of hydrogen-bond acceptors (Lipinski definition) is 4. The van der Waals surface area contributed by atoms with Crippen LogP contribution >= 0.6 is 11.8 Å². The van der Waals surface area contributed by atoms with Crippen molar-refractivity contribution in [3.05, 3.63) is 12.7 Å². The Bertz CT molecular complexity index is 448. The van der Waals surface area contributed by atoms with E-state index in [1.807, 2.05) is 33.8 Å². The number of carbonyl (C=O) groups excluding carboxylic acids is 2. The molecule has 0 aliphatic heterocycles. The molecule has 0 spiro atoms. The molecular weight excluding hydrogens is 320 g/mol. The molecule has 0 radical (unpaired) electrons. The lowest BCUT2D eigenvalue weighted by atomic mass is 9.70. The van der Waals surface area contributed by atoms with E-state index in [9.17, 15) is 14.7 Å². The van der Waals surface area contributed by atoms with Crippen molar-refractivity contribution >= 4 is 22.7 Å². The van der Waals surface area contributed by atoms with Gasteiger partial charge in [-0.25, -0.2) is 0 Å². The molecule has 0 aromatic carbocycles. The first-order valence-corrected chi connectivity index (χ1v) is 9.60. The number of ketones is 1. The fourth-order valence-electron chi connectivity index (χ4n) is 2.76. The minimum atomic E-state index is -0.961. The van der Waals surface area contributed by atoms with Crippen LogP contribution in [0.5, 0.6) is 0 Å². The van der Waals surface area contributed by atoms with Gasteiger partial charge < -0.3 is 5.11 Å². The molecule has 0 rings (SSSR count). The molecule has 0 bridgehead atoms. The van der Waals surface area contributed by atoms with E-state index >= 15 is 0 Å². The number of Topliss-reactive ketones (excluding diaryl/α,β-unsaturated/α-hetero) is 1. The summed E-state index contributed by atoms with van der Waals surface area (Å²) in [5.41, 5.74) is -0.935. The summed E-state index contributed by atoms with van der Waals surface area (Å²) in [6, 6.07) is 0. The predicted molar refractivity (Wildman–Crippen MR) is 104 cm³/mol. The Balaban J connectivity index is 4.98. The van der Waals surface area contributed by atoms with Crippen molar-refractivity contribution in [1.29, 1.82) is 0 Å². The lowest BCUT2D eigenvalue weighted by molar-refractivity contribution is -0.139. The number of aliphatic hydroxyl groups excluding tert-OH is 1. The van der Waals surface area contributed by atoms with E-state index in [-0.39, 0.29) is 33.9 Å². The molecule has 0 saturated heterocycles. The molecule has 0 aromatic heterocycles. The van der Waals surface area contributed by atoms with Gasteiger partial charge in [-0.15, -0.1) is 6.58 Å². The van der Waals surface area contributed by atoms with Gasteiger partial charge in [0.15, 0.2) is 5.12 Å². The molecular formula is C20H36O3S. The van der Waals surface area contributed by atoms with Crippen molar-refractivity contribution in [1.82, 2.24) is 0 Å². The summed E-state index contributed by atoms with van der Waals surface area (Å²) < 4.78 is -0.188. The van der Waals surface area contributed by atoms with Crippen molar-refractivity contribution in [2.45, 2.75) is 79.1 Å². The van der Waals surface area contributed by atoms with Crippen LogP contribution in [0.25, 0.3) is 0 Å². The van der Waals surface area contributed by atoms with E-state index in [1.165, 1.54) is 11.8 Å². The lowest BCUT2D eigenvalue weighted by Crippen LogP contribution is -2.43. The monoisotopic (exact) mass is 356 g/mol. The number of carbonyl (C=O) groups is 2. The highest BCUT2D eigenvalue weighted by Gasteiger charge is 2.41. The quantitative estimate of drug-likeness (QED) is 0.599. The highest BCUT2D eigenvalue weighted by atomic mass is 32.2. The van der Waals surface area contributed by atoms with E-state index in [4.69, 9.17) is 0 Å². The summed E-state index contributed by atoms with van der Waals surface area (Å²) in [4.78, 5) is 25.0. The number of allylic oxidation sites excluding steroid dienone is 1. The Hall–Kier alpha value is -0.610. The zero-order chi connectivity index (χ0) is 19.3. The Morgan fingerprint density at radius 2 is 1.62 bits per heavy atom. The minimum Gasteiger partial charge on any atom is -0.392 e. The van der Waals surface area contributed by atoms with Gasteiger partial charge in [0, 0.05) is 22.5 Å². The first-order valence-electron chi connectivity index (χ1n) is 8.79. The first-order chi connectivity index (χ1) is 10.7. The zero-order valence-electron chi connectivity index (χ0n) is 16.7. The van der Waals surface area contributed by atoms with Crippen molar-refractivity contribution in [3.8, 4) is 0 Å². The van der Waals surface area contributed by atoms with Gasteiger partial charge in [0.2, 0.25) is 0 Å². The van der Waals surface area contributed by atoms with Crippen LogP contribution in [0.15, 0.2) is 12.7 Å². The smallest absolute Gasteiger partial charge is 0.192 e. The highest BCUT2D eigenvalue weighted by molar-refractivity contribution is 8.14. The molecule has 0 aliphatic carbocycles. The van der Waals surface area contributed by atoms with E-state index in [2.05, 4.69) is 20.4 Å². The molecule has 24 heavy (non-hydrogen) atoms. The molecule has 4 heteroatoms. The summed E-state index contributed by atoms with van der Waals surface area (Å²) >= 11 is 1.22. The summed E-state index contributed by atoms with van der Waals surface area (Å²) in [5, 5.41) is 10.4. The van der Waals surface area contributed by atoms with Gasteiger partial charge in [0.1, 0.15) is 5.78 Å². The molecule has 0 fully saturated rings. The van der Waals surface area contributed by atoms with Gasteiger partial charge in [-0.3, -0.25) is 9.59 Å². The maximum absolute atomic E-state index is 12.9. The predicted octanol–water partition coefficient (Wildman–Crippen LogP) is 4.88. The first kappa shape index (κ1) is 23.4. The van der Waals surface area contributed by atoms with Crippen molar-refractivity contribution < 1.29 is 14.7 Å². The van der Waals surface area contributed by atoms with Crippen LogP contribution in [-0.2, 0) is 9.59 Å². The summed E-state index contributed by atoms with van der Waals surface area (Å²) in [5.74, 6) is 0.399. The van der Waals surface area contributed by atoms with Crippen LogP contribution in [0, 0.1) is 23.2 Å². The second kappa shape index (κ2) is 9.19. The zero-order valence-corrected chi connectivity index (χ0v) is 17.5. The topological polar surface area (TPSA) is 54.4 Å². The van der Waals surface area contributed by atoms with Crippen LogP contribution in [0.4, 0.5) is 0 Å². The van der Waals surface area contributed by atoms with Gasteiger partial charge in [-0.2, -0.15) is 0 Å². The third kappa shape index (κ3) is 7.10. The summed E-state index contributed by atoms with van der Waals surface area (Å²) in [6.07, 6.45) is 1.78. The van der Waals surface area contributed by atoms with E-state index in [1.54, 1.807) is 13.8 Å². The van der Waals surface area contributed by atoms with Crippen molar-refractivity contribution in [2.75, 3.05) is 0 Å². The third-order valence-corrected chi connectivity index (χ3v) is 5.89. The van der Waals surface area contributed by atoms with E-state index in [0.717, 1.165) is 6.42 Å². The van der Waals surface area contributed by atoms with Crippen LogP contribution < -0.4 is 0 Å². The minimum absolute atomic E-state index is 0.00396. The normalized spacial score (nSPS) is 17.7. The molecule has 0 aromatic rings. The van der Waals surface area contributed by atoms with Crippen LogP contribution in [-0.4, -0.2) is 26.9 Å². The largest absolute Gasteiger partial charge is 0.392 e. The highest BCUT2D eigenvalue weighted by Crippen LogP contribution is 2.35. The van der Waals surface area contributed by atoms with Crippen LogP contribution in [0.2, 0.25) is 0 Å². The average Bonchev–Trinajstić information content (AvgIpc) is 2.42. The van der Waals surface area contributed by atoms with Gasteiger partial charge in [0.05, 0.1) is 6.10 Å². The Kier molecular flexibility index (Phi) is 8.95. The molecule has 4 unspecified atom stereocenters. The molecule has 4 atom stereocenters. The SMILES string of the molecule is C=CCC(C)C(C)C(C)C(=O)C(C)(C)C(O)CC(=O)SC(C)(C)C. The molecule has 3 nitrogen and oxygen atoms in total. The van der Waals surface area contributed by atoms with E-state index < -0.39 is 11.5 Å². The second-order valence-corrected chi connectivity index (χ2v) is 10.4. The molecule has 0 amide bonds. The Labute approximate surface area is 152 Å². The fraction of sp³-hybridized carbons (Fsp3) is 0.800. The number of rotatable bonds is 9. The fourth-order valence-corrected chi connectivity index (χ4v) is 3.68. The molecule has 0 heterocycles. The van der Waals surface area contributed by atoms with Crippen LogP contribution in [0.1, 0.15) is 68.2 Å². The van der Waals surface area contributed by atoms with Gasteiger partial charge in [-0.05, 0) is 18.3 Å². The number of thioether (sulfide) groups is 1. The third-order valence-electron chi connectivity index (χ3n) is 4.89. The molecule has 0 saturated carbocycles. The second-order valence-electron chi connectivity index (χ2n) is 8.54. The average molecular weight is 357 g/mol. The van der Waals surface area contributed by atoms with Crippen molar-refractivity contribution in [3.63, 3.8) is 0 Å². The Morgan fingerprint density at radius 3 is 2.04 bits per heavy atom. The Morgan fingerprint density at radius 1 is 1.12 bits per heavy atom. The van der Waals surface area contributed by atoms with E-state index in [0.29, 0.717) is 5.92 Å². The maximum atomic E-state index is 12.9. The molecule has 140 valence electrons. The summed E-state index contributed by atoms with van der Waals surface area (Å²) in [6.45, 7) is 19.2. The lowest BCUT2D eigenvalue weighted by Gasteiger charge is -2.35. The summed E-state index contributed by atoms with van der Waals surface area (Å²) in [7, 11) is 0. The molecule has 1 N–H and O–H groups in total.